The number of nitrogens with two attached hydrogens (primary N) is 1. The summed E-state index contributed by atoms with van der Waals surface area (Å²) in [6, 6.07) is 14.6. The van der Waals surface area contributed by atoms with Gasteiger partial charge in [-0.05, 0) is 56.9 Å². The molecule has 3 unspecified atom stereocenters. The number of nitrogens with one attached hydrogen (secondary N) is 1. The van der Waals surface area contributed by atoms with Crippen molar-refractivity contribution >= 4 is 29.3 Å². The van der Waals surface area contributed by atoms with Crippen LogP contribution in [0.5, 0.6) is 0 Å². The Kier molecular flexibility index (Phi) is 8.69. The van der Waals surface area contributed by atoms with Crippen LogP contribution in [0.2, 0.25) is 5.02 Å². The lowest BCUT2D eigenvalue weighted by Crippen LogP contribution is -2.60. The number of halogens is 1. The smallest absolute Gasteiger partial charge is 0.247 e. The molecule has 3 amide bonds. The second kappa shape index (κ2) is 11.7. The molecule has 9 heteroatoms. The van der Waals surface area contributed by atoms with Gasteiger partial charge >= 0.3 is 0 Å². The number of rotatable bonds is 8. The lowest BCUT2D eigenvalue weighted by molar-refractivity contribution is -0.147. The Morgan fingerprint density at radius 1 is 1.18 bits per heavy atom. The van der Waals surface area contributed by atoms with Crippen molar-refractivity contribution in [3.8, 4) is 0 Å². The largest absolute Gasteiger partial charge is 0.374 e. The second-order valence-electron chi connectivity index (χ2n) is 11.6. The number of carbonyl (C=O) groups excluding carboxylic acids is 3. The fraction of sp³-hybridized carbons (Fsp3) is 0.500. The fourth-order valence-electron chi connectivity index (χ4n) is 5.63. The van der Waals surface area contributed by atoms with Gasteiger partial charge < -0.3 is 25.6 Å². The number of likely N-dealkylation sites (tertiary alicyclic amines) is 2. The summed E-state index contributed by atoms with van der Waals surface area (Å²) in [5, 5.41) is 3.43. The van der Waals surface area contributed by atoms with E-state index in [4.69, 9.17) is 22.1 Å². The minimum atomic E-state index is -1.17. The van der Waals surface area contributed by atoms with E-state index < -0.39 is 22.9 Å². The fourth-order valence-corrected chi connectivity index (χ4v) is 5.76. The normalized spacial score (nSPS) is 22.3. The highest BCUT2D eigenvalue weighted by molar-refractivity contribution is 6.30. The van der Waals surface area contributed by atoms with Crippen molar-refractivity contribution in [1.29, 1.82) is 0 Å². The average Bonchev–Trinajstić information content (AvgIpc) is 3.13. The number of amides is 3. The molecule has 2 fully saturated rings. The predicted molar refractivity (Wildman–Crippen MR) is 151 cm³/mol. The summed E-state index contributed by atoms with van der Waals surface area (Å²) in [6.45, 7) is 6.86. The van der Waals surface area contributed by atoms with Gasteiger partial charge in [-0.25, -0.2) is 0 Å². The lowest BCUT2D eigenvalue weighted by Gasteiger charge is -2.43. The highest BCUT2D eigenvalue weighted by atomic mass is 35.5. The van der Waals surface area contributed by atoms with Crippen LogP contribution in [0.25, 0.3) is 0 Å². The predicted octanol–water partition coefficient (Wildman–Crippen LogP) is 3.25. The third-order valence-corrected chi connectivity index (χ3v) is 8.12. The quantitative estimate of drug-likeness (QED) is 0.521. The van der Waals surface area contributed by atoms with Crippen LogP contribution >= 0.6 is 11.6 Å². The van der Waals surface area contributed by atoms with Gasteiger partial charge in [-0.1, -0.05) is 53.6 Å². The van der Waals surface area contributed by atoms with Crippen molar-refractivity contribution in [1.82, 2.24) is 15.1 Å². The number of piperidine rings is 1. The average molecular weight is 555 g/mol. The molecule has 2 saturated heterocycles. The highest BCUT2D eigenvalue weighted by Crippen LogP contribution is 2.49. The van der Waals surface area contributed by atoms with Gasteiger partial charge in [-0.15, -0.1) is 0 Å². The maximum Gasteiger partial charge on any atom is 0.247 e. The van der Waals surface area contributed by atoms with Crippen LogP contribution in [0.4, 0.5) is 0 Å². The molecule has 0 radical (unpaired) electrons. The zero-order chi connectivity index (χ0) is 28.4. The van der Waals surface area contributed by atoms with E-state index in [1.54, 1.807) is 35.8 Å². The van der Waals surface area contributed by atoms with E-state index >= 15 is 0 Å². The van der Waals surface area contributed by atoms with Gasteiger partial charge in [0.15, 0.2) is 0 Å². The van der Waals surface area contributed by atoms with Crippen molar-refractivity contribution < 1.29 is 19.1 Å². The molecule has 0 saturated carbocycles. The van der Waals surface area contributed by atoms with Crippen molar-refractivity contribution in [3.63, 3.8) is 0 Å². The van der Waals surface area contributed by atoms with Crippen LogP contribution in [-0.2, 0) is 25.7 Å². The lowest BCUT2D eigenvalue weighted by atomic mass is 9.69. The third kappa shape index (κ3) is 6.45. The van der Waals surface area contributed by atoms with Gasteiger partial charge in [0.2, 0.25) is 17.7 Å². The molecular weight excluding hydrogens is 516 g/mol. The Morgan fingerprint density at radius 2 is 1.85 bits per heavy atom. The summed E-state index contributed by atoms with van der Waals surface area (Å²) in [4.78, 5) is 43.8. The zero-order valence-corrected chi connectivity index (χ0v) is 24.0. The molecule has 3 atom stereocenters. The summed E-state index contributed by atoms with van der Waals surface area (Å²) in [6.07, 6.45) is 1.40. The minimum absolute atomic E-state index is 0.0247. The summed E-state index contributed by atoms with van der Waals surface area (Å²) >= 11 is 5.97. The van der Waals surface area contributed by atoms with Gasteiger partial charge in [0.05, 0.1) is 24.2 Å². The van der Waals surface area contributed by atoms with E-state index in [1.165, 1.54) is 0 Å². The van der Waals surface area contributed by atoms with Crippen molar-refractivity contribution in [3.05, 3.63) is 70.2 Å². The van der Waals surface area contributed by atoms with Crippen LogP contribution in [0.1, 0.15) is 49.3 Å². The van der Waals surface area contributed by atoms with E-state index in [9.17, 15) is 14.4 Å². The number of likely N-dealkylation sites (N-methyl/N-ethyl adjacent to an activating group) is 1. The van der Waals surface area contributed by atoms with E-state index in [2.05, 4.69) is 29.6 Å². The Labute approximate surface area is 235 Å². The summed E-state index contributed by atoms with van der Waals surface area (Å²) < 4.78 is 5.88. The molecule has 0 bridgehead atoms. The van der Waals surface area contributed by atoms with Crippen LogP contribution < -0.4 is 11.1 Å². The number of aryl methyl sites for hydroxylation is 1. The summed E-state index contributed by atoms with van der Waals surface area (Å²) in [7, 11) is 1.83. The van der Waals surface area contributed by atoms with E-state index in [0.717, 1.165) is 16.7 Å². The molecule has 2 aromatic rings. The first-order valence-electron chi connectivity index (χ1n) is 13.4. The van der Waals surface area contributed by atoms with Gasteiger partial charge in [-0.2, -0.15) is 0 Å². The molecule has 1 spiro atoms. The molecule has 2 aliphatic rings. The monoisotopic (exact) mass is 554 g/mol. The summed E-state index contributed by atoms with van der Waals surface area (Å²) in [5.74, 6) is -0.679. The number of nitrogens with zero attached hydrogens (tertiary/aromatic N) is 2. The zero-order valence-electron chi connectivity index (χ0n) is 23.2. The number of hydrogen-bond donors (Lipinski definition) is 2. The molecule has 2 aromatic carbocycles. The SMILES string of the molecule is Cc1ccc(C2CN(C)C(=O)C23CCCN(C(=O)C(COCc2ccc(Cl)cc2)NC(=O)C(C)(C)N)C3)cc1. The number of ether oxygens (including phenoxy) is 1. The first-order chi connectivity index (χ1) is 18.4. The Morgan fingerprint density at radius 3 is 2.49 bits per heavy atom. The molecule has 39 heavy (non-hydrogen) atoms. The highest BCUT2D eigenvalue weighted by Gasteiger charge is 2.55. The van der Waals surface area contributed by atoms with E-state index in [0.29, 0.717) is 37.5 Å². The van der Waals surface area contributed by atoms with Crippen LogP contribution in [0, 0.1) is 12.3 Å². The maximum atomic E-state index is 13.9. The molecule has 210 valence electrons. The Hall–Kier alpha value is -2.94. The molecule has 3 N–H and O–H groups in total. The van der Waals surface area contributed by atoms with Gasteiger partial charge in [0, 0.05) is 37.6 Å². The molecule has 8 nitrogen and oxygen atoms in total. The molecular formula is C30H39ClN4O4. The number of benzene rings is 2. The molecule has 2 aliphatic heterocycles. The number of carbonyl (C=O) groups is 3. The molecule has 2 heterocycles. The van der Waals surface area contributed by atoms with Crippen LogP contribution in [0.3, 0.4) is 0 Å². The van der Waals surface area contributed by atoms with Gasteiger partial charge in [-0.3, -0.25) is 14.4 Å². The van der Waals surface area contributed by atoms with Crippen LogP contribution in [-0.4, -0.2) is 72.4 Å². The number of hydrogen-bond acceptors (Lipinski definition) is 5. The van der Waals surface area contributed by atoms with E-state index in [-0.39, 0.29) is 30.9 Å². The van der Waals surface area contributed by atoms with Crippen molar-refractivity contribution in [2.75, 3.05) is 33.3 Å². The minimum Gasteiger partial charge on any atom is -0.374 e. The first-order valence-corrected chi connectivity index (χ1v) is 13.8. The van der Waals surface area contributed by atoms with Gasteiger partial charge in [0.1, 0.15) is 6.04 Å². The second-order valence-corrected chi connectivity index (χ2v) is 12.0. The molecule has 0 aliphatic carbocycles. The van der Waals surface area contributed by atoms with Crippen molar-refractivity contribution in [2.24, 2.45) is 11.1 Å². The Bertz CT molecular complexity index is 1190. The molecule has 0 aromatic heterocycles. The third-order valence-electron chi connectivity index (χ3n) is 7.87. The molecule has 4 rings (SSSR count). The standard InChI is InChI=1S/C30H39ClN4O4/c1-20-6-10-22(11-7-20)24-16-34(4)28(38)30(24)14-5-15-35(19-30)26(36)25(33-27(37)29(2,3)32)18-39-17-21-8-12-23(31)13-9-21/h6-13,24-25H,5,14-19,32H2,1-4H3,(H,33,37). The van der Waals surface area contributed by atoms with Crippen LogP contribution in [0.15, 0.2) is 48.5 Å². The first kappa shape index (κ1) is 29.1. The summed E-state index contributed by atoms with van der Waals surface area (Å²) in [5.41, 5.74) is 7.31. The Balaban J connectivity index is 1.54. The maximum absolute atomic E-state index is 13.9. The van der Waals surface area contributed by atoms with Gasteiger partial charge in [0.25, 0.3) is 0 Å². The van der Waals surface area contributed by atoms with E-state index in [1.807, 2.05) is 26.1 Å². The topological polar surface area (TPSA) is 105 Å². The van der Waals surface area contributed by atoms with Crippen molar-refractivity contribution in [2.45, 2.75) is 57.7 Å².